The van der Waals surface area contributed by atoms with Gasteiger partial charge in [0.25, 0.3) is 0 Å². The lowest BCUT2D eigenvalue weighted by molar-refractivity contribution is -0.137. The van der Waals surface area contributed by atoms with Crippen LogP contribution in [0.15, 0.2) is 83.8 Å². The number of alkyl halides is 3. The number of aromatic nitrogens is 1. The van der Waals surface area contributed by atoms with Crippen molar-refractivity contribution in [3.8, 4) is 5.75 Å². The van der Waals surface area contributed by atoms with Gasteiger partial charge in [0.2, 0.25) is 0 Å². The summed E-state index contributed by atoms with van der Waals surface area (Å²) in [5.41, 5.74) is 2.23. The Hall–Kier alpha value is -3.39. The Bertz CT molecular complexity index is 1200. The van der Waals surface area contributed by atoms with Crippen molar-refractivity contribution in [2.45, 2.75) is 17.6 Å². The van der Waals surface area contributed by atoms with E-state index in [0.717, 1.165) is 34.4 Å². The molecule has 4 nitrogen and oxygen atoms in total. The Morgan fingerprint density at radius 3 is 2.32 bits per heavy atom. The number of para-hydroxylation sites is 3. The molecule has 0 spiro atoms. The monoisotopic (exact) mass is 441 g/mol. The van der Waals surface area contributed by atoms with Crippen LogP contribution >= 0.6 is 11.9 Å². The summed E-state index contributed by atoms with van der Waals surface area (Å²) in [6.45, 7) is 0.424. The minimum atomic E-state index is -4.35. The molecule has 31 heavy (non-hydrogen) atoms. The number of phenols is 1. The molecule has 4 aromatic rings. The second-order valence-corrected chi connectivity index (χ2v) is 7.66. The molecule has 0 bridgehead atoms. The Kier molecular flexibility index (Phi) is 5.90. The van der Waals surface area contributed by atoms with Crippen LogP contribution in [0.2, 0.25) is 0 Å². The SMILES string of the molecule is Oc1ccccc1NCc1ccc2cccc(NSc3ccc(C(F)(F)F)cc3)c2n1. The van der Waals surface area contributed by atoms with Gasteiger partial charge in [-0.05, 0) is 60.5 Å². The quantitative estimate of drug-likeness (QED) is 0.230. The number of hydrogen-bond donors (Lipinski definition) is 3. The molecule has 1 heterocycles. The normalized spacial score (nSPS) is 11.5. The number of aromatic hydroxyl groups is 1. The molecule has 158 valence electrons. The third kappa shape index (κ3) is 5.03. The number of anilines is 2. The zero-order valence-electron chi connectivity index (χ0n) is 16.1. The third-order valence-electron chi connectivity index (χ3n) is 4.60. The van der Waals surface area contributed by atoms with Crippen LogP contribution in [0.25, 0.3) is 10.9 Å². The van der Waals surface area contributed by atoms with Gasteiger partial charge in [0.15, 0.2) is 0 Å². The summed E-state index contributed by atoms with van der Waals surface area (Å²) in [6, 6.07) is 21.5. The van der Waals surface area contributed by atoms with Crippen LogP contribution < -0.4 is 10.0 Å². The van der Waals surface area contributed by atoms with Gasteiger partial charge in [-0.2, -0.15) is 13.2 Å². The van der Waals surface area contributed by atoms with E-state index in [4.69, 9.17) is 4.98 Å². The summed E-state index contributed by atoms with van der Waals surface area (Å²) in [5.74, 6) is 0.165. The summed E-state index contributed by atoms with van der Waals surface area (Å²) in [5, 5.41) is 14.0. The van der Waals surface area contributed by atoms with Crippen molar-refractivity contribution in [2.24, 2.45) is 0 Å². The largest absolute Gasteiger partial charge is 0.506 e. The lowest BCUT2D eigenvalue weighted by Gasteiger charge is -2.12. The van der Waals surface area contributed by atoms with E-state index in [2.05, 4.69) is 10.0 Å². The van der Waals surface area contributed by atoms with Gasteiger partial charge in [-0.1, -0.05) is 30.3 Å². The fourth-order valence-corrected chi connectivity index (χ4v) is 3.67. The number of fused-ring (bicyclic) bond motifs is 1. The van der Waals surface area contributed by atoms with Gasteiger partial charge in [0, 0.05) is 10.3 Å². The van der Waals surface area contributed by atoms with Crippen molar-refractivity contribution < 1.29 is 18.3 Å². The van der Waals surface area contributed by atoms with Crippen molar-refractivity contribution in [3.05, 3.63) is 90.1 Å². The highest BCUT2D eigenvalue weighted by Gasteiger charge is 2.29. The maximum absolute atomic E-state index is 12.7. The molecule has 0 saturated heterocycles. The first-order valence-electron chi connectivity index (χ1n) is 9.41. The van der Waals surface area contributed by atoms with E-state index >= 15 is 0 Å². The molecule has 0 aliphatic rings. The van der Waals surface area contributed by atoms with Crippen LogP contribution in [0.5, 0.6) is 5.75 Å². The summed E-state index contributed by atoms with van der Waals surface area (Å²) < 4.78 is 41.4. The first-order valence-corrected chi connectivity index (χ1v) is 10.2. The highest BCUT2D eigenvalue weighted by atomic mass is 32.2. The van der Waals surface area contributed by atoms with Crippen molar-refractivity contribution in [3.63, 3.8) is 0 Å². The molecule has 0 radical (unpaired) electrons. The van der Waals surface area contributed by atoms with E-state index in [1.54, 1.807) is 18.2 Å². The van der Waals surface area contributed by atoms with Crippen LogP contribution in [-0.4, -0.2) is 10.1 Å². The average Bonchev–Trinajstić information content (AvgIpc) is 2.76. The zero-order chi connectivity index (χ0) is 21.8. The number of pyridine rings is 1. The second kappa shape index (κ2) is 8.77. The summed E-state index contributed by atoms with van der Waals surface area (Å²) in [6.07, 6.45) is -4.35. The zero-order valence-corrected chi connectivity index (χ0v) is 17.0. The first-order chi connectivity index (χ1) is 14.9. The number of hydrogen-bond acceptors (Lipinski definition) is 5. The predicted octanol–water partition coefficient (Wildman–Crippen LogP) is 6.69. The number of rotatable bonds is 6. The van der Waals surface area contributed by atoms with E-state index in [1.165, 1.54) is 24.1 Å². The highest BCUT2D eigenvalue weighted by Crippen LogP contribution is 2.32. The average molecular weight is 441 g/mol. The van der Waals surface area contributed by atoms with Crippen molar-refractivity contribution in [2.75, 3.05) is 10.0 Å². The van der Waals surface area contributed by atoms with E-state index in [0.29, 0.717) is 17.1 Å². The lowest BCUT2D eigenvalue weighted by atomic mass is 10.1. The van der Waals surface area contributed by atoms with Crippen molar-refractivity contribution >= 4 is 34.2 Å². The van der Waals surface area contributed by atoms with E-state index in [1.807, 2.05) is 36.4 Å². The maximum atomic E-state index is 12.7. The van der Waals surface area contributed by atoms with Gasteiger partial charge >= 0.3 is 6.18 Å². The topological polar surface area (TPSA) is 57.2 Å². The fraction of sp³-hybridized carbons (Fsp3) is 0.0870. The highest BCUT2D eigenvalue weighted by molar-refractivity contribution is 8.00. The number of nitrogens with one attached hydrogen (secondary N) is 2. The van der Waals surface area contributed by atoms with Crippen LogP contribution in [0.1, 0.15) is 11.3 Å². The smallest absolute Gasteiger partial charge is 0.416 e. The number of benzene rings is 3. The fourth-order valence-electron chi connectivity index (χ4n) is 3.00. The number of halogens is 3. The summed E-state index contributed by atoms with van der Waals surface area (Å²) in [4.78, 5) is 5.36. The van der Waals surface area contributed by atoms with Gasteiger partial charge in [0.1, 0.15) is 5.75 Å². The second-order valence-electron chi connectivity index (χ2n) is 6.78. The molecule has 0 unspecified atom stereocenters. The van der Waals surface area contributed by atoms with E-state index in [-0.39, 0.29) is 5.75 Å². The molecule has 0 aliphatic carbocycles. The molecule has 0 saturated carbocycles. The Morgan fingerprint density at radius 2 is 1.58 bits per heavy atom. The first kappa shape index (κ1) is 20.9. The molecule has 0 fully saturated rings. The van der Waals surface area contributed by atoms with E-state index in [9.17, 15) is 18.3 Å². The van der Waals surface area contributed by atoms with Gasteiger partial charge in [0.05, 0.1) is 34.7 Å². The number of nitrogens with zero attached hydrogens (tertiary/aromatic N) is 1. The minimum absolute atomic E-state index is 0.165. The van der Waals surface area contributed by atoms with Gasteiger partial charge in [-0.15, -0.1) is 0 Å². The molecule has 0 atom stereocenters. The maximum Gasteiger partial charge on any atom is 0.416 e. The Balaban J connectivity index is 1.50. The molecule has 1 aromatic heterocycles. The molecule has 4 rings (SSSR count). The molecule has 3 aromatic carbocycles. The third-order valence-corrected chi connectivity index (χ3v) is 5.43. The predicted molar refractivity (Wildman–Crippen MR) is 118 cm³/mol. The summed E-state index contributed by atoms with van der Waals surface area (Å²) in [7, 11) is 0. The lowest BCUT2D eigenvalue weighted by Crippen LogP contribution is -2.04. The van der Waals surface area contributed by atoms with Gasteiger partial charge in [-0.25, -0.2) is 4.98 Å². The molecular formula is C23H18F3N3OS. The Morgan fingerprint density at radius 1 is 0.839 bits per heavy atom. The van der Waals surface area contributed by atoms with Crippen LogP contribution in [0.3, 0.4) is 0 Å². The molecule has 8 heteroatoms. The molecule has 0 amide bonds. The standard InChI is InChI=1S/C23H18F3N3OS/c24-23(25,26)16-9-12-18(13-10-16)31-29-20-6-3-4-15-8-11-17(28-22(15)20)14-27-19-5-1-2-7-21(19)30/h1-13,27,29-30H,14H2. The Labute approximate surface area is 181 Å². The van der Waals surface area contributed by atoms with E-state index < -0.39 is 11.7 Å². The van der Waals surface area contributed by atoms with Crippen LogP contribution in [0.4, 0.5) is 24.5 Å². The van der Waals surface area contributed by atoms with Crippen LogP contribution in [-0.2, 0) is 12.7 Å². The summed E-state index contributed by atoms with van der Waals surface area (Å²) >= 11 is 1.22. The van der Waals surface area contributed by atoms with Gasteiger partial charge < -0.3 is 15.1 Å². The van der Waals surface area contributed by atoms with Crippen molar-refractivity contribution in [1.29, 1.82) is 0 Å². The van der Waals surface area contributed by atoms with Crippen molar-refractivity contribution in [1.82, 2.24) is 4.98 Å². The van der Waals surface area contributed by atoms with Gasteiger partial charge in [-0.3, -0.25) is 0 Å². The molecule has 3 N–H and O–H groups in total. The minimum Gasteiger partial charge on any atom is -0.506 e. The number of phenolic OH excluding ortho intramolecular Hbond substituents is 1. The molecular weight excluding hydrogens is 423 g/mol. The van der Waals surface area contributed by atoms with Crippen LogP contribution in [0, 0.1) is 0 Å². The molecule has 0 aliphatic heterocycles.